The number of ether oxygens (including phenoxy) is 3. The number of nitrogens with two attached hydrogens (primary N) is 1. The molecular weight excluding hydrogens is 378 g/mol. The molecular formula is C20H31N3O6. The SMILES string of the molecule is COC(=O)C(N)CCc1ccnc(N(C(=O)OC(C)(C)C)C(=O)OC(C)(C)C)c1. The standard InChI is InChI=1S/C20H31N3O6/c1-19(2,3)28-17(25)23(18(26)29-20(4,5)6)15-12-13(10-11-22-15)8-9-14(21)16(24)27-7/h10-12,14H,8-9,21H2,1-7H3. The predicted octanol–water partition coefficient (Wildman–Crippen LogP) is 3.19. The van der Waals surface area contributed by atoms with Gasteiger partial charge in [-0.15, -0.1) is 0 Å². The van der Waals surface area contributed by atoms with Gasteiger partial charge in [0.25, 0.3) is 0 Å². The number of pyridine rings is 1. The van der Waals surface area contributed by atoms with Crippen molar-refractivity contribution >= 4 is 24.0 Å². The number of rotatable bonds is 5. The maximum Gasteiger partial charge on any atom is 0.425 e. The fraction of sp³-hybridized carbons (Fsp3) is 0.600. The lowest BCUT2D eigenvalue weighted by molar-refractivity contribution is -0.142. The number of methoxy groups -OCH3 is 1. The summed E-state index contributed by atoms with van der Waals surface area (Å²) in [5.41, 5.74) is 4.85. The summed E-state index contributed by atoms with van der Waals surface area (Å²) in [6.45, 7) is 10.1. The number of imide groups is 1. The summed E-state index contributed by atoms with van der Waals surface area (Å²) in [7, 11) is 1.27. The number of anilines is 1. The largest absolute Gasteiger partial charge is 0.468 e. The molecule has 0 aliphatic heterocycles. The number of esters is 1. The quantitative estimate of drug-likeness (QED) is 0.581. The van der Waals surface area contributed by atoms with E-state index in [-0.39, 0.29) is 5.82 Å². The van der Waals surface area contributed by atoms with E-state index in [1.807, 2.05) is 0 Å². The summed E-state index contributed by atoms with van der Waals surface area (Å²) in [5.74, 6) is -0.457. The van der Waals surface area contributed by atoms with Gasteiger partial charge in [0.1, 0.15) is 23.1 Å². The van der Waals surface area contributed by atoms with Crippen LogP contribution in [0.3, 0.4) is 0 Å². The Morgan fingerprint density at radius 2 is 1.59 bits per heavy atom. The van der Waals surface area contributed by atoms with Crippen LogP contribution in [0.5, 0.6) is 0 Å². The molecule has 0 fully saturated rings. The summed E-state index contributed by atoms with van der Waals surface area (Å²) < 4.78 is 15.3. The van der Waals surface area contributed by atoms with Crippen LogP contribution in [0.1, 0.15) is 53.5 Å². The van der Waals surface area contributed by atoms with E-state index < -0.39 is 35.4 Å². The third-order valence-corrected chi connectivity index (χ3v) is 3.44. The molecule has 0 saturated carbocycles. The van der Waals surface area contributed by atoms with Gasteiger partial charge in [-0.25, -0.2) is 14.6 Å². The second-order valence-corrected chi connectivity index (χ2v) is 8.49. The maximum absolute atomic E-state index is 12.7. The number of carbonyl (C=O) groups excluding carboxylic acids is 3. The molecule has 9 heteroatoms. The van der Waals surface area contributed by atoms with Gasteiger partial charge in [0.15, 0.2) is 0 Å². The van der Waals surface area contributed by atoms with Gasteiger partial charge in [0.2, 0.25) is 0 Å². The Morgan fingerprint density at radius 1 is 1.07 bits per heavy atom. The number of hydrogen-bond acceptors (Lipinski definition) is 8. The van der Waals surface area contributed by atoms with Crippen molar-refractivity contribution < 1.29 is 28.6 Å². The second kappa shape index (κ2) is 9.69. The van der Waals surface area contributed by atoms with Gasteiger partial charge in [0.05, 0.1) is 7.11 Å². The van der Waals surface area contributed by atoms with Crippen LogP contribution in [0.15, 0.2) is 18.3 Å². The number of hydrogen-bond donors (Lipinski definition) is 1. The van der Waals surface area contributed by atoms with E-state index >= 15 is 0 Å². The third-order valence-electron chi connectivity index (χ3n) is 3.44. The number of nitrogens with zero attached hydrogens (tertiary/aromatic N) is 2. The van der Waals surface area contributed by atoms with Crippen molar-refractivity contribution in [1.29, 1.82) is 0 Å². The minimum absolute atomic E-state index is 0.0534. The molecule has 1 aromatic heterocycles. The van der Waals surface area contributed by atoms with Gasteiger partial charge < -0.3 is 19.9 Å². The molecule has 9 nitrogen and oxygen atoms in total. The first-order valence-corrected chi connectivity index (χ1v) is 9.28. The topological polar surface area (TPSA) is 121 Å². The first-order valence-electron chi connectivity index (χ1n) is 9.28. The smallest absolute Gasteiger partial charge is 0.425 e. The molecule has 0 radical (unpaired) electrons. The van der Waals surface area contributed by atoms with Crippen LogP contribution in [-0.2, 0) is 25.4 Å². The summed E-state index contributed by atoms with van der Waals surface area (Å²) in [6.07, 6.45) is 0.401. The van der Waals surface area contributed by atoms with E-state index in [2.05, 4.69) is 9.72 Å². The van der Waals surface area contributed by atoms with Gasteiger partial charge >= 0.3 is 18.2 Å². The lowest BCUT2D eigenvalue weighted by atomic mass is 10.1. The fourth-order valence-electron chi connectivity index (χ4n) is 2.21. The van der Waals surface area contributed by atoms with Gasteiger partial charge in [0, 0.05) is 6.20 Å². The molecule has 2 N–H and O–H groups in total. The van der Waals surface area contributed by atoms with E-state index in [4.69, 9.17) is 15.2 Å². The lowest BCUT2D eigenvalue weighted by Gasteiger charge is -2.28. The van der Waals surface area contributed by atoms with Gasteiger partial charge in [-0.05, 0) is 72.1 Å². The summed E-state index contributed by atoms with van der Waals surface area (Å²) >= 11 is 0. The van der Waals surface area contributed by atoms with E-state index in [1.54, 1.807) is 53.7 Å². The minimum Gasteiger partial charge on any atom is -0.468 e. The molecule has 0 aliphatic rings. The van der Waals surface area contributed by atoms with E-state index in [9.17, 15) is 14.4 Å². The van der Waals surface area contributed by atoms with Crippen LogP contribution < -0.4 is 10.6 Å². The van der Waals surface area contributed by atoms with Gasteiger partial charge in [-0.3, -0.25) is 4.79 Å². The van der Waals surface area contributed by atoms with Crippen LogP contribution in [-0.4, -0.2) is 47.5 Å². The number of carbonyl (C=O) groups is 3. The first-order chi connectivity index (χ1) is 13.2. The van der Waals surface area contributed by atoms with Gasteiger partial charge in [-0.2, -0.15) is 4.90 Å². The number of aryl methyl sites for hydroxylation is 1. The Hall–Kier alpha value is -2.68. The first kappa shape index (κ1) is 24.4. The molecule has 162 valence electrons. The Kier molecular flexibility index (Phi) is 8.14. The highest BCUT2D eigenvalue weighted by Crippen LogP contribution is 2.21. The van der Waals surface area contributed by atoms with Crippen LogP contribution >= 0.6 is 0 Å². The third kappa shape index (κ3) is 8.47. The highest BCUT2D eigenvalue weighted by atomic mass is 16.6. The van der Waals surface area contributed by atoms with E-state index in [1.165, 1.54) is 13.3 Å². The second-order valence-electron chi connectivity index (χ2n) is 8.49. The van der Waals surface area contributed by atoms with Crippen LogP contribution in [0, 0.1) is 0 Å². The normalized spacial score (nSPS) is 12.7. The molecule has 29 heavy (non-hydrogen) atoms. The predicted molar refractivity (Wildman–Crippen MR) is 107 cm³/mol. The molecule has 0 aliphatic carbocycles. The van der Waals surface area contributed by atoms with Crippen molar-refractivity contribution in [1.82, 2.24) is 4.98 Å². The number of amides is 2. The molecule has 0 aromatic carbocycles. The average molecular weight is 409 g/mol. The lowest BCUT2D eigenvalue weighted by Crippen LogP contribution is -2.44. The molecule has 2 amide bonds. The Bertz CT molecular complexity index is 708. The summed E-state index contributed by atoms with van der Waals surface area (Å²) in [6, 6.07) is 2.48. The highest BCUT2D eigenvalue weighted by Gasteiger charge is 2.33. The van der Waals surface area contributed by atoms with Crippen molar-refractivity contribution in [3.05, 3.63) is 23.9 Å². The minimum atomic E-state index is -0.900. The molecule has 1 heterocycles. The van der Waals surface area contributed by atoms with Crippen molar-refractivity contribution in [3.8, 4) is 0 Å². The fourth-order valence-corrected chi connectivity index (χ4v) is 2.21. The molecule has 1 aromatic rings. The monoisotopic (exact) mass is 409 g/mol. The molecule has 1 atom stereocenters. The van der Waals surface area contributed by atoms with Crippen LogP contribution in [0.25, 0.3) is 0 Å². The van der Waals surface area contributed by atoms with E-state index in [0.717, 1.165) is 10.5 Å². The molecule has 1 unspecified atom stereocenters. The van der Waals surface area contributed by atoms with E-state index in [0.29, 0.717) is 12.8 Å². The Morgan fingerprint density at radius 3 is 2.03 bits per heavy atom. The highest BCUT2D eigenvalue weighted by molar-refractivity contribution is 6.08. The Balaban J connectivity index is 3.13. The van der Waals surface area contributed by atoms with Crippen LogP contribution in [0.4, 0.5) is 15.4 Å². The van der Waals surface area contributed by atoms with Crippen molar-refractivity contribution in [2.24, 2.45) is 5.73 Å². The van der Waals surface area contributed by atoms with Crippen LogP contribution in [0.2, 0.25) is 0 Å². The zero-order chi connectivity index (χ0) is 22.4. The summed E-state index contributed by atoms with van der Waals surface area (Å²) in [4.78, 5) is 41.7. The zero-order valence-corrected chi connectivity index (χ0v) is 18.1. The average Bonchev–Trinajstić information content (AvgIpc) is 2.56. The molecule has 0 saturated heterocycles. The summed E-state index contributed by atoms with van der Waals surface area (Å²) in [5, 5.41) is 0. The van der Waals surface area contributed by atoms with Crippen molar-refractivity contribution in [2.45, 2.75) is 71.6 Å². The maximum atomic E-state index is 12.7. The van der Waals surface area contributed by atoms with Crippen molar-refractivity contribution in [2.75, 3.05) is 12.0 Å². The van der Waals surface area contributed by atoms with Crippen molar-refractivity contribution in [3.63, 3.8) is 0 Å². The number of aromatic nitrogens is 1. The van der Waals surface area contributed by atoms with Gasteiger partial charge in [-0.1, -0.05) is 0 Å². The molecule has 0 bridgehead atoms. The molecule has 1 rings (SSSR count). The molecule has 0 spiro atoms. The Labute approximate surface area is 171 Å². The zero-order valence-electron chi connectivity index (χ0n) is 18.1.